The third-order valence-corrected chi connectivity index (χ3v) is 8.91. The van der Waals surface area contributed by atoms with Crippen molar-refractivity contribution >= 4 is 28.9 Å². The van der Waals surface area contributed by atoms with Gasteiger partial charge in [-0.05, 0) is 62.1 Å². The lowest BCUT2D eigenvalue weighted by Crippen LogP contribution is -2.52. The lowest BCUT2D eigenvalue weighted by atomic mass is 9.76. The largest absolute Gasteiger partial charge is 0.390 e. The lowest BCUT2D eigenvalue weighted by Gasteiger charge is -2.46. The predicted octanol–water partition coefficient (Wildman–Crippen LogP) is 3.00. The van der Waals surface area contributed by atoms with Gasteiger partial charge in [-0.15, -0.1) is 0 Å². The molecule has 3 heterocycles. The average Bonchev–Trinajstić information content (AvgIpc) is 3.43. The molecule has 7 N–H and O–H groups in total. The number of aliphatic imine (C=N–C) groups is 1. The number of benzene rings is 1. The van der Waals surface area contributed by atoms with Gasteiger partial charge in [-0.2, -0.15) is 0 Å². The fraction of sp³-hybridized carbons (Fsp3) is 0.613. The maximum atomic E-state index is 10.9. The number of aromatic nitrogens is 4. The number of hydrogen-bond acceptors (Lipinski definition) is 9. The van der Waals surface area contributed by atoms with Crippen molar-refractivity contribution in [3.8, 4) is 0 Å². The van der Waals surface area contributed by atoms with E-state index in [1.807, 2.05) is 0 Å². The van der Waals surface area contributed by atoms with E-state index >= 15 is 0 Å². The molecule has 1 aromatic carbocycles. The van der Waals surface area contributed by atoms with Gasteiger partial charge in [0.15, 0.2) is 5.82 Å². The number of nitrogens with two attached hydrogens (primary N) is 2. The Morgan fingerprint density at radius 1 is 1.17 bits per heavy atom. The van der Waals surface area contributed by atoms with Crippen LogP contribution in [0.2, 0.25) is 0 Å². The lowest BCUT2D eigenvalue weighted by molar-refractivity contribution is -0.0428. The van der Waals surface area contributed by atoms with Crippen molar-refractivity contribution in [2.75, 3.05) is 12.3 Å². The SMILES string of the molecule is CC(C)N(C[C@H]1O[C@@H](Cc2ncnc(N)c2/N=C\N)[C@H](O)[C@@H]1O)C1CC(CCc2nc3cc(C(C)(C)C)ccc3[nH]2)C1. The number of aliphatic hydroxyl groups excluding tert-OH is 2. The quantitative estimate of drug-likeness (QED) is 0.179. The molecular weight excluding hydrogens is 532 g/mol. The Balaban J connectivity index is 1.15. The van der Waals surface area contributed by atoms with E-state index in [2.05, 4.69) is 77.7 Å². The summed E-state index contributed by atoms with van der Waals surface area (Å²) in [6, 6.07) is 7.23. The monoisotopic (exact) mass is 578 g/mol. The Morgan fingerprint density at radius 2 is 1.90 bits per heavy atom. The van der Waals surface area contributed by atoms with Crippen LogP contribution in [-0.2, 0) is 23.0 Å². The van der Waals surface area contributed by atoms with Crippen molar-refractivity contribution < 1.29 is 14.9 Å². The second-order valence-corrected chi connectivity index (χ2v) is 13.2. The van der Waals surface area contributed by atoms with Gasteiger partial charge in [0.25, 0.3) is 0 Å². The highest BCUT2D eigenvalue weighted by Crippen LogP contribution is 2.37. The van der Waals surface area contributed by atoms with Crippen molar-refractivity contribution in [3.63, 3.8) is 0 Å². The van der Waals surface area contributed by atoms with Gasteiger partial charge in [0.05, 0.1) is 35.3 Å². The molecule has 0 spiro atoms. The number of anilines is 1. The van der Waals surface area contributed by atoms with E-state index in [-0.39, 0.29) is 23.7 Å². The van der Waals surface area contributed by atoms with E-state index in [9.17, 15) is 10.2 Å². The minimum atomic E-state index is -1.05. The van der Waals surface area contributed by atoms with Crippen LogP contribution in [0.4, 0.5) is 11.5 Å². The van der Waals surface area contributed by atoms with Gasteiger partial charge >= 0.3 is 0 Å². The zero-order valence-corrected chi connectivity index (χ0v) is 25.4. The average molecular weight is 579 g/mol. The van der Waals surface area contributed by atoms with Crippen molar-refractivity contribution in [2.45, 2.75) is 109 Å². The van der Waals surface area contributed by atoms with Crippen LogP contribution in [0.1, 0.15) is 71.0 Å². The van der Waals surface area contributed by atoms with Crippen LogP contribution >= 0.6 is 0 Å². The maximum Gasteiger partial charge on any atom is 0.153 e. The van der Waals surface area contributed by atoms with Gasteiger partial charge in [-0.1, -0.05) is 26.8 Å². The first-order valence-electron chi connectivity index (χ1n) is 15.0. The van der Waals surface area contributed by atoms with E-state index in [4.69, 9.17) is 21.2 Å². The summed E-state index contributed by atoms with van der Waals surface area (Å²) in [7, 11) is 0. The number of aryl methyl sites for hydroxylation is 1. The summed E-state index contributed by atoms with van der Waals surface area (Å²) in [5.74, 6) is 1.88. The predicted molar refractivity (Wildman–Crippen MR) is 165 cm³/mol. The second kappa shape index (κ2) is 12.2. The second-order valence-electron chi connectivity index (χ2n) is 13.2. The number of nitrogen functional groups attached to an aromatic ring is 1. The molecule has 0 amide bonds. The number of rotatable bonds is 10. The molecule has 1 aliphatic heterocycles. The number of aliphatic hydroxyl groups is 2. The number of H-pyrrole nitrogens is 1. The van der Waals surface area contributed by atoms with Crippen LogP contribution in [0.5, 0.6) is 0 Å². The van der Waals surface area contributed by atoms with Crippen LogP contribution in [0.15, 0.2) is 29.5 Å². The molecule has 42 heavy (non-hydrogen) atoms. The molecule has 1 aliphatic carbocycles. The van der Waals surface area contributed by atoms with Crippen molar-refractivity contribution in [1.29, 1.82) is 0 Å². The summed E-state index contributed by atoms with van der Waals surface area (Å²) in [6.45, 7) is 11.6. The highest BCUT2D eigenvalue weighted by molar-refractivity contribution is 5.76. The van der Waals surface area contributed by atoms with Crippen molar-refractivity contribution in [2.24, 2.45) is 16.6 Å². The molecule has 1 saturated heterocycles. The first kappa shape index (κ1) is 30.3. The van der Waals surface area contributed by atoms with Crippen LogP contribution in [0.25, 0.3) is 11.0 Å². The van der Waals surface area contributed by atoms with Crippen LogP contribution in [-0.4, -0.2) is 84.4 Å². The Hall–Kier alpha value is -3.12. The van der Waals surface area contributed by atoms with E-state index in [0.717, 1.165) is 48.9 Å². The molecule has 2 aromatic heterocycles. The zero-order chi connectivity index (χ0) is 30.2. The van der Waals surface area contributed by atoms with Gasteiger partial charge < -0.3 is 31.4 Å². The Kier molecular flexibility index (Phi) is 8.84. The molecule has 0 radical (unpaired) electrons. The molecule has 11 heteroatoms. The van der Waals surface area contributed by atoms with E-state index in [0.29, 0.717) is 29.9 Å². The highest BCUT2D eigenvalue weighted by atomic mass is 16.5. The van der Waals surface area contributed by atoms with Crippen LogP contribution in [0.3, 0.4) is 0 Å². The summed E-state index contributed by atoms with van der Waals surface area (Å²) in [4.78, 5) is 23.1. The van der Waals surface area contributed by atoms with Crippen LogP contribution in [0, 0.1) is 5.92 Å². The number of hydrogen-bond donors (Lipinski definition) is 5. The normalized spacial score (nSPS) is 26.6. The summed E-state index contributed by atoms with van der Waals surface area (Å²) < 4.78 is 6.21. The fourth-order valence-corrected chi connectivity index (χ4v) is 6.31. The van der Waals surface area contributed by atoms with Gasteiger partial charge in [-0.25, -0.2) is 19.9 Å². The van der Waals surface area contributed by atoms with Gasteiger partial charge in [0.1, 0.15) is 30.0 Å². The van der Waals surface area contributed by atoms with Gasteiger partial charge in [-0.3, -0.25) is 4.90 Å². The maximum absolute atomic E-state index is 10.9. The molecule has 2 fully saturated rings. The first-order chi connectivity index (χ1) is 19.9. The summed E-state index contributed by atoms with van der Waals surface area (Å²) in [6.07, 6.45) is 3.73. The topological polar surface area (TPSA) is 172 Å². The minimum absolute atomic E-state index is 0.101. The van der Waals surface area contributed by atoms with Crippen LogP contribution < -0.4 is 11.5 Å². The van der Waals surface area contributed by atoms with Crippen molar-refractivity contribution in [1.82, 2.24) is 24.8 Å². The van der Waals surface area contributed by atoms with Gasteiger partial charge in [0.2, 0.25) is 0 Å². The number of ether oxygens (including phenoxy) is 1. The smallest absolute Gasteiger partial charge is 0.153 e. The third kappa shape index (κ3) is 6.44. The Morgan fingerprint density at radius 3 is 2.60 bits per heavy atom. The minimum Gasteiger partial charge on any atom is -0.390 e. The molecule has 11 nitrogen and oxygen atoms in total. The molecule has 5 rings (SSSR count). The first-order valence-corrected chi connectivity index (χ1v) is 15.0. The van der Waals surface area contributed by atoms with Gasteiger partial charge in [0, 0.05) is 31.5 Å². The molecule has 228 valence electrons. The van der Waals surface area contributed by atoms with E-state index < -0.39 is 24.4 Å². The molecule has 3 aromatic rings. The molecular formula is C31H46N8O3. The fourth-order valence-electron chi connectivity index (χ4n) is 6.31. The van der Waals surface area contributed by atoms with E-state index in [1.54, 1.807) is 0 Å². The summed E-state index contributed by atoms with van der Waals surface area (Å²) in [5, 5.41) is 21.7. The molecule has 0 unspecified atom stereocenters. The highest BCUT2D eigenvalue weighted by Gasteiger charge is 2.45. The number of nitrogens with one attached hydrogen (secondary N) is 1. The van der Waals surface area contributed by atoms with E-state index in [1.165, 1.54) is 11.9 Å². The Labute approximate surface area is 247 Å². The number of fused-ring (bicyclic) bond motifs is 1. The summed E-state index contributed by atoms with van der Waals surface area (Å²) >= 11 is 0. The zero-order valence-electron chi connectivity index (χ0n) is 25.4. The number of aromatic amines is 1. The number of imidazole rings is 1. The third-order valence-electron chi connectivity index (χ3n) is 8.91. The number of nitrogens with zero attached hydrogens (tertiary/aromatic N) is 5. The molecule has 1 saturated carbocycles. The standard InChI is InChI=1S/C31H46N8O3/c1-17(2)39(14-25-29(41)28(40)24(42-25)13-23-27(34-15-32)30(33)36-16-35-23)20-10-18(11-20)6-9-26-37-21-8-7-19(31(3,4)5)12-22(21)38-26/h7-8,12,15-18,20,24-25,28-29,40-41H,6,9-11,13-14H2,1-5H3,(H2,32,34)(H,37,38)(H2,33,35,36)/t18?,20?,24-,25+,28-,29+/m0/s1. The molecule has 2 aliphatic rings. The summed E-state index contributed by atoms with van der Waals surface area (Å²) in [5.41, 5.74) is 15.8. The van der Waals surface area contributed by atoms with Crippen molar-refractivity contribution in [3.05, 3.63) is 41.6 Å². The molecule has 4 atom stereocenters. The Bertz CT molecular complexity index is 1390. The molecule has 0 bridgehead atoms.